The Hall–Kier alpha value is -1.17. The summed E-state index contributed by atoms with van der Waals surface area (Å²) in [5.41, 5.74) is 1.10. The quantitative estimate of drug-likeness (QED) is 0.718. The number of hydrogen-bond acceptors (Lipinski definition) is 4. The van der Waals surface area contributed by atoms with Crippen LogP contribution in [0.5, 0.6) is 0 Å². The van der Waals surface area contributed by atoms with Gasteiger partial charge in [0.05, 0.1) is 24.3 Å². The molecule has 0 saturated carbocycles. The fourth-order valence-corrected chi connectivity index (χ4v) is 3.13. The van der Waals surface area contributed by atoms with Crippen molar-refractivity contribution in [3.05, 3.63) is 17.5 Å². The average molecular weight is 286 g/mol. The van der Waals surface area contributed by atoms with Crippen LogP contribution >= 0.6 is 0 Å². The molecule has 0 amide bonds. The van der Waals surface area contributed by atoms with Crippen LogP contribution in [0.3, 0.4) is 0 Å². The van der Waals surface area contributed by atoms with E-state index in [1.165, 1.54) is 6.20 Å². The molecular weight excluding hydrogens is 264 g/mol. The number of esters is 1. The smallest absolute Gasteiger partial charge is 0.341 e. The molecule has 1 unspecified atom stereocenters. The maximum absolute atomic E-state index is 12.0. The average Bonchev–Trinajstić information content (AvgIpc) is 2.69. The topological polar surface area (TPSA) is 61.2 Å². The van der Waals surface area contributed by atoms with Crippen LogP contribution in [0.2, 0.25) is 0 Å². The third-order valence-electron chi connectivity index (χ3n) is 2.78. The highest BCUT2D eigenvalue weighted by atomic mass is 32.2. The van der Waals surface area contributed by atoms with Gasteiger partial charge in [0, 0.05) is 23.6 Å². The van der Waals surface area contributed by atoms with Crippen molar-refractivity contribution in [3.8, 4) is 0 Å². The monoisotopic (exact) mass is 286 g/mol. The second-order valence-electron chi connectivity index (χ2n) is 4.82. The lowest BCUT2D eigenvalue weighted by atomic mass is 10.2. The lowest BCUT2D eigenvalue weighted by Gasteiger charge is -2.07. The number of ether oxygens (including phenoxy) is 1. The summed E-state index contributed by atoms with van der Waals surface area (Å²) in [6, 6.07) is 0. The Bertz CT molecular complexity index is 455. The Labute approximate surface area is 116 Å². The first-order valence-corrected chi connectivity index (χ1v) is 7.97. The van der Waals surface area contributed by atoms with E-state index in [2.05, 4.69) is 18.9 Å². The molecule has 5 nitrogen and oxygen atoms in total. The zero-order valence-corrected chi connectivity index (χ0v) is 12.8. The van der Waals surface area contributed by atoms with Gasteiger partial charge in [0.15, 0.2) is 0 Å². The minimum absolute atomic E-state index is 0.323. The van der Waals surface area contributed by atoms with Gasteiger partial charge in [0.2, 0.25) is 0 Å². The number of hydrogen-bond donors (Lipinski definition) is 0. The molecule has 1 aromatic heterocycles. The second-order valence-corrected chi connectivity index (χ2v) is 6.40. The van der Waals surface area contributed by atoms with Crippen LogP contribution in [0.15, 0.2) is 6.20 Å². The van der Waals surface area contributed by atoms with Gasteiger partial charge in [-0.05, 0) is 19.3 Å². The molecule has 19 heavy (non-hydrogen) atoms. The van der Waals surface area contributed by atoms with E-state index in [-0.39, 0.29) is 0 Å². The van der Waals surface area contributed by atoms with Crippen molar-refractivity contribution in [2.24, 2.45) is 13.0 Å². The van der Waals surface area contributed by atoms with E-state index in [0.29, 0.717) is 35.3 Å². The highest BCUT2D eigenvalue weighted by molar-refractivity contribution is 7.84. The highest BCUT2D eigenvalue weighted by Crippen LogP contribution is 2.13. The summed E-state index contributed by atoms with van der Waals surface area (Å²) >= 11 is 0. The van der Waals surface area contributed by atoms with Gasteiger partial charge in [0.1, 0.15) is 5.56 Å². The number of aryl methyl sites for hydroxylation is 1. The number of carbonyl (C=O) groups is 1. The minimum atomic E-state index is -0.980. The van der Waals surface area contributed by atoms with Crippen molar-refractivity contribution in [3.63, 3.8) is 0 Å². The fraction of sp³-hybridized carbons (Fsp3) is 0.692. The van der Waals surface area contributed by atoms with E-state index in [0.717, 1.165) is 6.42 Å². The van der Waals surface area contributed by atoms with Gasteiger partial charge in [-0.2, -0.15) is 5.10 Å². The van der Waals surface area contributed by atoms with Gasteiger partial charge in [-0.25, -0.2) is 4.79 Å². The predicted molar refractivity (Wildman–Crippen MR) is 75.3 cm³/mol. The molecule has 0 aliphatic heterocycles. The van der Waals surface area contributed by atoms with Gasteiger partial charge in [-0.1, -0.05) is 13.8 Å². The van der Waals surface area contributed by atoms with Gasteiger partial charge < -0.3 is 4.74 Å². The van der Waals surface area contributed by atoms with E-state index in [9.17, 15) is 9.00 Å². The van der Waals surface area contributed by atoms with Crippen molar-refractivity contribution in [2.45, 2.75) is 32.9 Å². The summed E-state index contributed by atoms with van der Waals surface area (Å²) in [5, 5.41) is 4.05. The van der Waals surface area contributed by atoms with Gasteiger partial charge in [0.25, 0.3) is 0 Å². The second kappa shape index (κ2) is 7.43. The standard InChI is InChI=1S/C13H22N2O3S/c1-5-18-13(16)11-8-14-15(4)12(11)9-19(17)7-6-10(2)3/h8,10H,5-7,9H2,1-4H3. The van der Waals surface area contributed by atoms with Crippen LogP contribution in [-0.2, 0) is 28.3 Å². The summed E-state index contributed by atoms with van der Waals surface area (Å²) < 4.78 is 18.6. The molecule has 1 atom stereocenters. The molecule has 108 valence electrons. The van der Waals surface area contributed by atoms with E-state index in [1.54, 1.807) is 18.7 Å². The molecular formula is C13H22N2O3S. The van der Waals surface area contributed by atoms with Crippen LogP contribution in [-0.4, -0.2) is 32.3 Å². The van der Waals surface area contributed by atoms with Gasteiger partial charge >= 0.3 is 5.97 Å². The molecule has 0 aromatic carbocycles. The number of rotatable bonds is 7. The molecule has 1 rings (SSSR count). The lowest BCUT2D eigenvalue weighted by Crippen LogP contribution is -2.12. The molecule has 0 bridgehead atoms. The minimum Gasteiger partial charge on any atom is -0.462 e. The van der Waals surface area contributed by atoms with Crippen LogP contribution in [0.25, 0.3) is 0 Å². The van der Waals surface area contributed by atoms with E-state index in [1.807, 2.05) is 0 Å². The molecule has 0 aliphatic carbocycles. The normalized spacial score (nSPS) is 12.7. The zero-order chi connectivity index (χ0) is 14.4. The Morgan fingerprint density at radius 3 is 2.79 bits per heavy atom. The first-order chi connectivity index (χ1) is 8.95. The number of carbonyl (C=O) groups excluding carboxylic acids is 1. The molecule has 0 aliphatic rings. The third kappa shape index (κ3) is 4.78. The van der Waals surface area contributed by atoms with E-state index in [4.69, 9.17) is 4.74 Å². The predicted octanol–water partition coefficient (Wildman–Crippen LogP) is 1.89. The lowest BCUT2D eigenvalue weighted by molar-refractivity contribution is 0.0525. The van der Waals surface area contributed by atoms with E-state index >= 15 is 0 Å². The van der Waals surface area contributed by atoms with Crippen molar-refractivity contribution in [1.82, 2.24) is 9.78 Å². The van der Waals surface area contributed by atoms with Crippen LogP contribution < -0.4 is 0 Å². The Balaban J connectivity index is 2.74. The number of nitrogens with zero attached hydrogens (tertiary/aromatic N) is 2. The molecule has 1 heterocycles. The Morgan fingerprint density at radius 2 is 2.21 bits per heavy atom. The Morgan fingerprint density at radius 1 is 1.53 bits per heavy atom. The SMILES string of the molecule is CCOC(=O)c1cnn(C)c1CS(=O)CCC(C)C. The molecule has 0 N–H and O–H groups in total. The fourth-order valence-electron chi connectivity index (χ4n) is 1.61. The maximum atomic E-state index is 12.0. The molecule has 0 saturated heterocycles. The summed E-state index contributed by atoms with van der Waals surface area (Å²) in [4.78, 5) is 11.8. The Kier molecular flexibility index (Phi) is 6.21. The summed E-state index contributed by atoms with van der Waals surface area (Å²) in [6.07, 6.45) is 2.40. The highest BCUT2D eigenvalue weighted by Gasteiger charge is 2.18. The molecule has 0 fully saturated rings. The van der Waals surface area contributed by atoms with E-state index < -0.39 is 16.8 Å². The zero-order valence-electron chi connectivity index (χ0n) is 12.0. The van der Waals surface area contributed by atoms with Gasteiger partial charge in [-0.3, -0.25) is 8.89 Å². The van der Waals surface area contributed by atoms with Crippen molar-refractivity contribution in [1.29, 1.82) is 0 Å². The van der Waals surface area contributed by atoms with Crippen molar-refractivity contribution >= 4 is 16.8 Å². The van der Waals surface area contributed by atoms with Gasteiger partial charge in [-0.15, -0.1) is 0 Å². The first kappa shape index (κ1) is 15.9. The first-order valence-electron chi connectivity index (χ1n) is 6.48. The largest absolute Gasteiger partial charge is 0.462 e. The van der Waals surface area contributed by atoms with Crippen molar-refractivity contribution < 1.29 is 13.7 Å². The third-order valence-corrected chi connectivity index (χ3v) is 4.06. The number of aromatic nitrogens is 2. The maximum Gasteiger partial charge on any atom is 0.341 e. The van der Waals surface area contributed by atoms with Crippen LogP contribution in [0.1, 0.15) is 43.2 Å². The summed E-state index contributed by atoms with van der Waals surface area (Å²) in [7, 11) is 0.768. The summed E-state index contributed by atoms with van der Waals surface area (Å²) in [6.45, 7) is 6.29. The van der Waals surface area contributed by atoms with Crippen LogP contribution in [0.4, 0.5) is 0 Å². The molecule has 6 heteroatoms. The molecule has 0 spiro atoms. The summed E-state index contributed by atoms with van der Waals surface area (Å²) in [5.74, 6) is 1.12. The van der Waals surface area contributed by atoms with Crippen LogP contribution in [0, 0.1) is 5.92 Å². The molecule has 0 radical (unpaired) electrons. The van der Waals surface area contributed by atoms with Crippen molar-refractivity contribution in [2.75, 3.05) is 12.4 Å². The molecule has 1 aromatic rings.